The summed E-state index contributed by atoms with van der Waals surface area (Å²) in [7, 11) is 0. The summed E-state index contributed by atoms with van der Waals surface area (Å²) in [6.45, 7) is 4.24. The summed E-state index contributed by atoms with van der Waals surface area (Å²) < 4.78 is 0. The van der Waals surface area contributed by atoms with Crippen LogP contribution in [0.1, 0.15) is 40.7 Å². The van der Waals surface area contributed by atoms with Crippen LogP contribution in [0.5, 0.6) is 0 Å². The van der Waals surface area contributed by atoms with Gasteiger partial charge >= 0.3 is 0 Å². The van der Waals surface area contributed by atoms with Gasteiger partial charge in [0, 0.05) is 12.0 Å². The molecule has 1 heteroatoms. The van der Waals surface area contributed by atoms with Gasteiger partial charge in [0.2, 0.25) is 0 Å². The lowest BCUT2D eigenvalue weighted by Crippen LogP contribution is -1.89. The van der Waals surface area contributed by atoms with E-state index in [4.69, 9.17) is 0 Å². The second-order valence-electron chi connectivity index (χ2n) is 5.91. The van der Waals surface area contributed by atoms with E-state index in [9.17, 15) is 4.79 Å². The Hall–Kier alpha value is -2.41. The van der Waals surface area contributed by atoms with Crippen LogP contribution in [0.15, 0.2) is 66.7 Å². The number of carbonyl (C=O) groups excluding carboxylic acids is 1. The summed E-state index contributed by atoms with van der Waals surface area (Å²) in [6.07, 6.45) is 0.694. The van der Waals surface area contributed by atoms with Crippen LogP contribution in [0.4, 0.5) is 0 Å². The van der Waals surface area contributed by atoms with Gasteiger partial charge in [-0.15, -0.1) is 0 Å². The van der Waals surface area contributed by atoms with Crippen LogP contribution in [0, 0.1) is 6.92 Å². The fourth-order valence-electron chi connectivity index (χ4n) is 3.07. The Bertz CT molecular complexity index is 812. The van der Waals surface area contributed by atoms with Gasteiger partial charge in [0.1, 0.15) is 0 Å². The number of Topliss-reactive ketones (excluding diaryl/α,β-unsaturated/α-hetero) is 1. The SMILES string of the molecule is CC1CC(=O)c2ccccc21.Cc1cccc2ccccc12. The second-order valence-corrected chi connectivity index (χ2v) is 5.91. The van der Waals surface area contributed by atoms with E-state index < -0.39 is 0 Å². The van der Waals surface area contributed by atoms with Crippen molar-refractivity contribution in [2.45, 2.75) is 26.2 Å². The predicted octanol–water partition coefficient (Wildman–Crippen LogP) is 5.52. The lowest BCUT2D eigenvalue weighted by molar-refractivity contribution is 0.0990. The van der Waals surface area contributed by atoms with E-state index in [-0.39, 0.29) is 0 Å². The average molecular weight is 288 g/mol. The van der Waals surface area contributed by atoms with Gasteiger partial charge in [0.25, 0.3) is 0 Å². The molecule has 0 spiro atoms. The Morgan fingerprint density at radius 2 is 1.55 bits per heavy atom. The van der Waals surface area contributed by atoms with Gasteiger partial charge in [0.15, 0.2) is 5.78 Å². The molecule has 3 aromatic carbocycles. The summed E-state index contributed by atoms with van der Waals surface area (Å²) in [4.78, 5) is 11.3. The van der Waals surface area contributed by atoms with E-state index in [1.54, 1.807) is 0 Å². The first-order valence-electron chi connectivity index (χ1n) is 7.73. The van der Waals surface area contributed by atoms with Crippen molar-refractivity contribution < 1.29 is 4.79 Å². The van der Waals surface area contributed by atoms with Crippen LogP contribution < -0.4 is 0 Å². The molecule has 0 saturated carbocycles. The molecule has 0 amide bonds. The zero-order chi connectivity index (χ0) is 15.5. The highest BCUT2D eigenvalue weighted by Crippen LogP contribution is 2.31. The minimum absolute atomic E-state index is 0.299. The molecule has 1 atom stereocenters. The largest absolute Gasteiger partial charge is 0.294 e. The molecular formula is C21H20O. The third-order valence-electron chi connectivity index (χ3n) is 4.29. The second kappa shape index (κ2) is 6.15. The highest BCUT2D eigenvalue weighted by molar-refractivity contribution is 6.01. The quantitative estimate of drug-likeness (QED) is 0.532. The third-order valence-corrected chi connectivity index (χ3v) is 4.29. The number of fused-ring (bicyclic) bond motifs is 2. The average Bonchev–Trinajstić information content (AvgIpc) is 2.84. The normalized spacial score (nSPS) is 16.1. The van der Waals surface area contributed by atoms with Gasteiger partial charge < -0.3 is 0 Å². The first-order valence-corrected chi connectivity index (χ1v) is 7.73. The molecule has 0 aromatic heterocycles. The number of hydrogen-bond acceptors (Lipinski definition) is 1. The van der Waals surface area contributed by atoms with Crippen LogP contribution in [0.3, 0.4) is 0 Å². The van der Waals surface area contributed by atoms with E-state index in [1.165, 1.54) is 21.9 Å². The molecule has 0 radical (unpaired) electrons. The number of benzene rings is 3. The van der Waals surface area contributed by atoms with E-state index in [2.05, 4.69) is 56.3 Å². The summed E-state index contributed by atoms with van der Waals surface area (Å²) in [5.74, 6) is 0.729. The molecule has 110 valence electrons. The Kier molecular flexibility index (Phi) is 4.06. The zero-order valence-electron chi connectivity index (χ0n) is 13.0. The molecule has 4 rings (SSSR count). The lowest BCUT2D eigenvalue weighted by atomic mass is 10.0. The van der Waals surface area contributed by atoms with Crippen LogP contribution in [0.25, 0.3) is 10.8 Å². The lowest BCUT2D eigenvalue weighted by Gasteiger charge is -1.99. The Morgan fingerprint density at radius 3 is 2.32 bits per heavy atom. The summed E-state index contributed by atoms with van der Waals surface area (Å²) in [5, 5.41) is 2.68. The van der Waals surface area contributed by atoms with E-state index >= 15 is 0 Å². The van der Waals surface area contributed by atoms with Crippen molar-refractivity contribution in [1.29, 1.82) is 0 Å². The Balaban J connectivity index is 0.000000131. The molecule has 0 aliphatic heterocycles. The fraction of sp³-hybridized carbons (Fsp3) is 0.190. The molecule has 1 nitrogen and oxygen atoms in total. The Morgan fingerprint density at radius 1 is 0.864 bits per heavy atom. The molecule has 0 bridgehead atoms. The molecule has 1 aliphatic rings. The van der Waals surface area contributed by atoms with Crippen LogP contribution >= 0.6 is 0 Å². The standard InChI is InChI=1S/C11H10.C10H10O/c1-9-5-4-7-10-6-2-3-8-11(9)10;1-7-6-10(11)9-5-3-2-4-8(7)9/h2-8H,1H3;2-5,7H,6H2,1H3. The van der Waals surface area contributed by atoms with Gasteiger partial charge in [-0.2, -0.15) is 0 Å². The smallest absolute Gasteiger partial charge is 0.163 e. The van der Waals surface area contributed by atoms with Crippen molar-refractivity contribution in [3.8, 4) is 0 Å². The minimum atomic E-state index is 0.299. The third kappa shape index (κ3) is 2.80. The van der Waals surface area contributed by atoms with E-state index in [1.807, 2.05) is 24.3 Å². The molecule has 0 heterocycles. The van der Waals surface area contributed by atoms with Crippen molar-refractivity contribution in [3.05, 3.63) is 83.4 Å². The van der Waals surface area contributed by atoms with E-state index in [0.29, 0.717) is 18.1 Å². The maximum atomic E-state index is 11.3. The zero-order valence-corrected chi connectivity index (χ0v) is 13.0. The van der Waals surface area contributed by atoms with Crippen molar-refractivity contribution in [3.63, 3.8) is 0 Å². The molecule has 0 fully saturated rings. The van der Waals surface area contributed by atoms with Crippen molar-refractivity contribution in [2.24, 2.45) is 0 Å². The molecular weight excluding hydrogens is 268 g/mol. The molecule has 1 unspecified atom stereocenters. The maximum absolute atomic E-state index is 11.3. The highest BCUT2D eigenvalue weighted by atomic mass is 16.1. The topological polar surface area (TPSA) is 17.1 Å². The molecule has 1 aliphatic carbocycles. The fourth-order valence-corrected chi connectivity index (χ4v) is 3.07. The first kappa shape index (κ1) is 14.5. The molecule has 3 aromatic rings. The van der Waals surface area contributed by atoms with Crippen molar-refractivity contribution in [1.82, 2.24) is 0 Å². The molecule has 0 N–H and O–H groups in total. The Labute approximate surface area is 131 Å². The van der Waals surface area contributed by atoms with Gasteiger partial charge in [-0.05, 0) is 34.7 Å². The highest BCUT2D eigenvalue weighted by Gasteiger charge is 2.24. The first-order chi connectivity index (χ1) is 10.7. The number of hydrogen-bond donors (Lipinski definition) is 0. The maximum Gasteiger partial charge on any atom is 0.163 e. The van der Waals surface area contributed by atoms with Gasteiger partial charge in [0.05, 0.1) is 0 Å². The van der Waals surface area contributed by atoms with Crippen LogP contribution in [-0.2, 0) is 0 Å². The predicted molar refractivity (Wildman–Crippen MR) is 92.5 cm³/mol. The molecule has 22 heavy (non-hydrogen) atoms. The van der Waals surface area contributed by atoms with Gasteiger partial charge in [-0.1, -0.05) is 73.7 Å². The molecule has 0 saturated heterocycles. The monoisotopic (exact) mass is 288 g/mol. The van der Waals surface area contributed by atoms with E-state index in [0.717, 1.165) is 5.56 Å². The number of rotatable bonds is 0. The number of ketones is 1. The minimum Gasteiger partial charge on any atom is -0.294 e. The summed E-state index contributed by atoms with van der Waals surface area (Å²) >= 11 is 0. The summed E-state index contributed by atoms with van der Waals surface area (Å²) in [6, 6.07) is 22.7. The number of carbonyl (C=O) groups is 1. The van der Waals surface area contributed by atoms with Gasteiger partial charge in [-0.3, -0.25) is 4.79 Å². The van der Waals surface area contributed by atoms with Crippen LogP contribution in [-0.4, -0.2) is 5.78 Å². The summed E-state index contributed by atoms with van der Waals surface area (Å²) in [5.41, 5.74) is 3.50. The number of aryl methyl sites for hydroxylation is 1. The van der Waals surface area contributed by atoms with Gasteiger partial charge in [-0.25, -0.2) is 0 Å². The van der Waals surface area contributed by atoms with Crippen molar-refractivity contribution >= 4 is 16.6 Å². The van der Waals surface area contributed by atoms with Crippen LogP contribution in [0.2, 0.25) is 0 Å². The van der Waals surface area contributed by atoms with Crippen molar-refractivity contribution in [2.75, 3.05) is 0 Å².